The summed E-state index contributed by atoms with van der Waals surface area (Å²) in [6, 6.07) is 7.36. The maximum Gasteiger partial charge on any atom is 0.227 e. The number of aromatic nitrogens is 1. The second-order valence-electron chi connectivity index (χ2n) is 5.25. The third kappa shape index (κ3) is 4.66. The predicted molar refractivity (Wildman–Crippen MR) is 91.4 cm³/mol. The van der Waals surface area contributed by atoms with Gasteiger partial charge in [0.15, 0.2) is 5.82 Å². The van der Waals surface area contributed by atoms with Crippen molar-refractivity contribution in [1.82, 2.24) is 5.16 Å². The summed E-state index contributed by atoms with van der Waals surface area (Å²) in [5.74, 6) is 0.639. The molecule has 23 heavy (non-hydrogen) atoms. The van der Waals surface area contributed by atoms with Gasteiger partial charge in [0.05, 0.1) is 5.69 Å². The Bertz CT molecular complexity index is 727. The molecular formula is C16H18BrN3O3. The van der Waals surface area contributed by atoms with Crippen molar-refractivity contribution in [3.05, 3.63) is 40.1 Å². The highest BCUT2D eigenvalue weighted by Gasteiger charge is 2.16. The molecule has 7 heteroatoms. The number of hydrogen-bond donors (Lipinski definition) is 1. The molecule has 1 N–H and O–H groups in total. The number of carbonyl (C=O) groups is 2. The lowest BCUT2D eigenvalue weighted by atomic mass is 10.2. The zero-order valence-electron chi connectivity index (χ0n) is 13.2. The van der Waals surface area contributed by atoms with Crippen molar-refractivity contribution in [2.45, 2.75) is 27.2 Å². The van der Waals surface area contributed by atoms with Crippen LogP contribution in [0.3, 0.4) is 0 Å². The molecule has 1 aromatic carbocycles. The number of rotatable bonds is 5. The summed E-state index contributed by atoms with van der Waals surface area (Å²) in [7, 11) is 0. The third-order valence-electron chi connectivity index (χ3n) is 3.23. The summed E-state index contributed by atoms with van der Waals surface area (Å²) in [4.78, 5) is 25.4. The monoisotopic (exact) mass is 379 g/mol. The van der Waals surface area contributed by atoms with Gasteiger partial charge < -0.3 is 14.7 Å². The first-order valence-electron chi connectivity index (χ1n) is 7.14. The summed E-state index contributed by atoms with van der Waals surface area (Å²) < 4.78 is 5.71. The Morgan fingerprint density at radius 1 is 1.30 bits per heavy atom. The maximum atomic E-state index is 12.0. The number of hydrogen-bond acceptors (Lipinski definition) is 4. The van der Waals surface area contributed by atoms with Crippen LogP contribution >= 0.6 is 15.9 Å². The highest BCUT2D eigenvalue weighted by Crippen LogP contribution is 2.27. The first-order valence-corrected chi connectivity index (χ1v) is 7.93. The highest BCUT2D eigenvalue weighted by molar-refractivity contribution is 9.10. The van der Waals surface area contributed by atoms with E-state index in [-0.39, 0.29) is 24.8 Å². The van der Waals surface area contributed by atoms with Crippen LogP contribution in [0.25, 0.3) is 0 Å². The topological polar surface area (TPSA) is 75.4 Å². The van der Waals surface area contributed by atoms with E-state index in [2.05, 4.69) is 26.4 Å². The number of benzene rings is 1. The fourth-order valence-corrected chi connectivity index (χ4v) is 2.83. The molecule has 0 unspecified atom stereocenters. The van der Waals surface area contributed by atoms with Crippen molar-refractivity contribution in [2.75, 3.05) is 16.8 Å². The Morgan fingerprint density at radius 2 is 2.04 bits per heavy atom. The zero-order chi connectivity index (χ0) is 17.0. The van der Waals surface area contributed by atoms with Crippen molar-refractivity contribution >= 4 is 39.2 Å². The summed E-state index contributed by atoms with van der Waals surface area (Å²) >= 11 is 3.46. The van der Waals surface area contributed by atoms with Gasteiger partial charge in [-0.1, -0.05) is 11.2 Å². The van der Waals surface area contributed by atoms with Crippen LogP contribution in [0.4, 0.5) is 11.5 Å². The van der Waals surface area contributed by atoms with Gasteiger partial charge in [0.2, 0.25) is 11.8 Å². The van der Waals surface area contributed by atoms with Crippen molar-refractivity contribution < 1.29 is 14.1 Å². The molecule has 0 saturated heterocycles. The molecule has 0 aliphatic carbocycles. The fraction of sp³-hybridized carbons (Fsp3) is 0.312. The average molecular weight is 380 g/mol. The summed E-state index contributed by atoms with van der Waals surface area (Å²) in [5.41, 5.74) is 1.83. The van der Waals surface area contributed by atoms with Gasteiger partial charge in [0.1, 0.15) is 5.76 Å². The van der Waals surface area contributed by atoms with E-state index in [1.165, 1.54) is 6.92 Å². The Balaban J connectivity index is 2.02. The van der Waals surface area contributed by atoms with Gasteiger partial charge in [-0.25, -0.2) is 0 Å². The molecule has 0 bridgehead atoms. The number of nitrogens with zero attached hydrogens (tertiary/aromatic N) is 2. The lowest BCUT2D eigenvalue weighted by Gasteiger charge is -2.22. The number of aryl methyl sites for hydroxylation is 2. The van der Waals surface area contributed by atoms with Gasteiger partial charge in [0, 0.05) is 30.4 Å². The minimum absolute atomic E-state index is 0.125. The molecule has 0 radical (unpaired) electrons. The van der Waals surface area contributed by atoms with Crippen LogP contribution in [0.5, 0.6) is 0 Å². The third-order valence-corrected chi connectivity index (χ3v) is 3.87. The molecule has 1 heterocycles. The van der Waals surface area contributed by atoms with E-state index in [1.807, 2.05) is 25.1 Å². The molecule has 6 nitrogen and oxygen atoms in total. The predicted octanol–water partition coefficient (Wildman–Crippen LogP) is 3.44. The molecule has 0 saturated carbocycles. The first kappa shape index (κ1) is 17.2. The van der Waals surface area contributed by atoms with E-state index >= 15 is 0 Å². The van der Waals surface area contributed by atoms with Crippen LogP contribution < -0.4 is 10.2 Å². The van der Waals surface area contributed by atoms with Crippen LogP contribution in [0.1, 0.15) is 24.7 Å². The van der Waals surface area contributed by atoms with Crippen molar-refractivity contribution in [1.29, 1.82) is 0 Å². The summed E-state index contributed by atoms with van der Waals surface area (Å²) in [6.07, 6.45) is 0.159. The van der Waals surface area contributed by atoms with E-state index in [9.17, 15) is 9.59 Å². The highest BCUT2D eigenvalue weighted by atomic mass is 79.9. The number of anilines is 2. The van der Waals surface area contributed by atoms with Gasteiger partial charge in [-0.2, -0.15) is 0 Å². The molecule has 0 fully saturated rings. The second kappa shape index (κ2) is 7.41. The maximum absolute atomic E-state index is 12.0. The molecule has 0 aliphatic rings. The zero-order valence-corrected chi connectivity index (χ0v) is 14.8. The van der Waals surface area contributed by atoms with E-state index < -0.39 is 0 Å². The molecule has 0 atom stereocenters. The van der Waals surface area contributed by atoms with Gasteiger partial charge in [0.25, 0.3) is 0 Å². The van der Waals surface area contributed by atoms with Gasteiger partial charge in [-0.05, 0) is 47.5 Å². The number of halogens is 1. The second-order valence-corrected chi connectivity index (χ2v) is 6.10. The van der Waals surface area contributed by atoms with Crippen molar-refractivity contribution in [3.8, 4) is 0 Å². The number of carbonyl (C=O) groups excluding carboxylic acids is 2. The van der Waals surface area contributed by atoms with Gasteiger partial charge >= 0.3 is 0 Å². The van der Waals surface area contributed by atoms with E-state index in [0.717, 1.165) is 15.7 Å². The van der Waals surface area contributed by atoms with E-state index in [1.54, 1.807) is 17.9 Å². The molecule has 2 amide bonds. The minimum atomic E-state index is -0.229. The molecular weight excluding hydrogens is 362 g/mol. The molecule has 0 aliphatic heterocycles. The lowest BCUT2D eigenvalue weighted by Crippen LogP contribution is -2.32. The van der Waals surface area contributed by atoms with Crippen LogP contribution in [0, 0.1) is 13.8 Å². The Hall–Kier alpha value is -2.15. The van der Waals surface area contributed by atoms with E-state index in [0.29, 0.717) is 11.6 Å². The Labute approximate surface area is 143 Å². The normalized spacial score (nSPS) is 10.4. The smallest absolute Gasteiger partial charge is 0.227 e. The molecule has 2 aromatic rings. The lowest BCUT2D eigenvalue weighted by molar-refractivity contribution is -0.117. The standard InChI is InChI=1S/C16H18BrN3O3/c1-10-4-5-14(13(17)8-10)20(12(3)21)7-6-16(22)18-15-9-11(2)23-19-15/h4-5,8-9H,6-7H2,1-3H3,(H,18,19,22). The van der Waals surface area contributed by atoms with Crippen LogP contribution in [0.2, 0.25) is 0 Å². The van der Waals surface area contributed by atoms with Crippen LogP contribution in [-0.2, 0) is 9.59 Å². The van der Waals surface area contributed by atoms with Crippen molar-refractivity contribution in [2.24, 2.45) is 0 Å². The summed E-state index contributed by atoms with van der Waals surface area (Å²) in [5, 5.41) is 6.34. The minimum Gasteiger partial charge on any atom is -0.360 e. The van der Waals surface area contributed by atoms with E-state index in [4.69, 9.17) is 4.52 Å². The molecule has 1 aromatic heterocycles. The molecule has 122 valence electrons. The first-order chi connectivity index (χ1) is 10.9. The van der Waals surface area contributed by atoms with Gasteiger partial charge in [-0.15, -0.1) is 0 Å². The summed E-state index contributed by atoms with van der Waals surface area (Å²) in [6.45, 7) is 5.47. The van der Waals surface area contributed by atoms with Gasteiger partial charge in [-0.3, -0.25) is 9.59 Å². The Morgan fingerprint density at radius 3 is 2.61 bits per heavy atom. The largest absolute Gasteiger partial charge is 0.360 e. The van der Waals surface area contributed by atoms with Crippen molar-refractivity contribution in [3.63, 3.8) is 0 Å². The molecule has 2 rings (SSSR count). The van der Waals surface area contributed by atoms with Crippen LogP contribution in [-0.4, -0.2) is 23.5 Å². The Kier molecular flexibility index (Phi) is 5.54. The number of amides is 2. The SMILES string of the molecule is CC(=O)N(CCC(=O)Nc1cc(C)on1)c1ccc(C)cc1Br. The van der Waals surface area contributed by atoms with Crippen LogP contribution in [0.15, 0.2) is 33.3 Å². The molecule has 0 spiro atoms. The quantitative estimate of drug-likeness (QED) is 0.862. The number of nitrogens with one attached hydrogen (secondary N) is 1. The average Bonchev–Trinajstić information content (AvgIpc) is 2.86. The fourth-order valence-electron chi connectivity index (χ4n) is 2.12.